The van der Waals surface area contributed by atoms with Gasteiger partial charge in [-0.15, -0.1) is 5.10 Å². The predicted molar refractivity (Wildman–Crippen MR) is 126 cm³/mol. The number of benzene rings is 2. The predicted octanol–water partition coefficient (Wildman–Crippen LogP) is 5.14. The van der Waals surface area contributed by atoms with Gasteiger partial charge in [-0.1, -0.05) is 58.8 Å². The Morgan fingerprint density at radius 2 is 1.88 bits per heavy atom. The lowest BCUT2D eigenvalue weighted by Crippen LogP contribution is -2.23. The lowest BCUT2D eigenvalue weighted by atomic mass is 10.1. The summed E-state index contributed by atoms with van der Waals surface area (Å²) < 4.78 is 7.57. The number of halogens is 2. The average Bonchev–Trinajstić information content (AvgIpc) is 3.46. The number of nitrogens with zero attached hydrogens (tertiary/aromatic N) is 3. The minimum absolute atomic E-state index is 0.00537. The monoisotopic (exact) mass is 481 g/mol. The van der Waals surface area contributed by atoms with Gasteiger partial charge in [0, 0.05) is 27.8 Å². The Bertz CT molecular complexity index is 1600. The van der Waals surface area contributed by atoms with E-state index >= 15 is 0 Å². The van der Waals surface area contributed by atoms with E-state index in [0.29, 0.717) is 48.0 Å². The average molecular weight is 482 g/mol. The van der Waals surface area contributed by atoms with E-state index in [4.69, 9.17) is 27.6 Å². The van der Waals surface area contributed by atoms with Gasteiger partial charge in [-0.25, -0.2) is 0 Å². The first kappa shape index (κ1) is 20.6. The molecule has 0 bridgehead atoms. The number of furan rings is 1. The summed E-state index contributed by atoms with van der Waals surface area (Å²) in [4.78, 5) is 29.1. The minimum Gasteiger partial charge on any atom is -0.457 e. The van der Waals surface area contributed by atoms with Crippen LogP contribution in [0.15, 0.2) is 63.8 Å². The number of aromatic nitrogens is 3. The molecule has 0 radical (unpaired) electrons. The van der Waals surface area contributed by atoms with Crippen molar-refractivity contribution in [2.45, 2.75) is 6.92 Å². The number of hydrogen-bond donors (Lipinski definition) is 0. The maximum absolute atomic E-state index is 12.8. The highest BCUT2D eigenvalue weighted by Crippen LogP contribution is 2.28. The molecule has 6 nitrogen and oxygen atoms in total. The second-order valence-corrected chi connectivity index (χ2v) is 8.86. The van der Waals surface area contributed by atoms with Crippen LogP contribution in [-0.2, 0) is 0 Å². The summed E-state index contributed by atoms with van der Waals surface area (Å²) in [6.45, 7) is 1.52. The van der Waals surface area contributed by atoms with Crippen LogP contribution in [0.4, 0.5) is 0 Å². The third-order valence-corrected chi connectivity index (χ3v) is 6.34. The highest BCUT2D eigenvalue weighted by Gasteiger charge is 2.15. The normalized spacial score (nSPS) is 12.0. The van der Waals surface area contributed by atoms with Crippen LogP contribution in [0.2, 0.25) is 10.0 Å². The van der Waals surface area contributed by atoms with E-state index in [-0.39, 0.29) is 11.3 Å². The SMILES string of the molecule is CC(=O)c1ccc(-c2ccc(C=c3sc4nc(-c5ccc(Cl)cc5Cl)nn4c3=O)o2)cc1. The van der Waals surface area contributed by atoms with Gasteiger partial charge >= 0.3 is 0 Å². The molecule has 158 valence electrons. The van der Waals surface area contributed by atoms with Crippen LogP contribution in [0.1, 0.15) is 23.0 Å². The highest BCUT2D eigenvalue weighted by atomic mass is 35.5. The maximum atomic E-state index is 12.8. The van der Waals surface area contributed by atoms with Crippen molar-refractivity contribution in [3.63, 3.8) is 0 Å². The van der Waals surface area contributed by atoms with Crippen LogP contribution < -0.4 is 10.1 Å². The second kappa shape index (κ2) is 8.02. The van der Waals surface area contributed by atoms with Crippen molar-refractivity contribution in [2.75, 3.05) is 0 Å². The van der Waals surface area contributed by atoms with Crippen molar-refractivity contribution >= 4 is 51.4 Å². The van der Waals surface area contributed by atoms with Crippen LogP contribution in [0.3, 0.4) is 0 Å². The summed E-state index contributed by atoms with van der Waals surface area (Å²) in [6, 6.07) is 15.8. The summed E-state index contributed by atoms with van der Waals surface area (Å²) in [7, 11) is 0. The Kier molecular flexibility index (Phi) is 5.17. The van der Waals surface area contributed by atoms with Crippen molar-refractivity contribution < 1.29 is 9.21 Å². The van der Waals surface area contributed by atoms with Crippen molar-refractivity contribution in [3.05, 3.63) is 90.9 Å². The van der Waals surface area contributed by atoms with Crippen LogP contribution in [0.5, 0.6) is 0 Å². The van der Waals surface area contributed by atoms with Gasteiger partial charge in [0.2, 0.25) is 4.96 Å². The quantitative estimate of drug-likeness (QED) is 0.332. The van der Waals surface area contributed by atoms with Crippen LogP contribution in [0, 0.1) is 0 Å². The molecule has 0 unspecified atom stereocenters. The van der Waals surface area contributed by atoms with Gasteiger partial charge in [0.05, 0.1) is 5.02 Å². The van der Waals surface area contributed by atoms with Crippen LogP contribution in [0.25, 0.3) is 33.7 Å². The first-order valence-corrected chi connectivity index (χ1v) is 11.0. The molecule has 0 aliphatic carbocycles. The molecule has 32 heavy (non-hydrogen) atoms. The molecule has 5 aromatic rings. The van der Waals surface area contributed by atoms with Crippen LogP contribution in [-0.4, -0.2) is 20.4 Å². The molecule has 0 atom stereocenters. The smallest absolute Gasteiger partial charge is 0.291 e. The third-order valence-electron chi connectivity index (χ3n) is 4.83. The summed E-state index contributed by atoms with van der Waals surface area (Å²) in [5, 5.41) is 5.23. The molecule has 2 aromatic carbocycles. The number of thiazole rings is 1. The molecular formula is C23H13Cl2N3O3S. The molecule has 0 fully saturated rings. The zero-order valence-electron chi connectivity index (χ0n) is 16.5. The topological polar surface area (TPSA) is 77.5 Å². The molecule has 5 rings (SSSR count). The molecule has 0 saturated carbocycles. The molecule has 9 heteroatoms. The lowest BCUT2D eigenvalue weighted by molar-refractivity contribution is 0.101. The number of carbonyl (C=O) groups is 1. The van der Waals surface area contributed by atoms with E-state index < -0.39 is 0 Å². The van der Waals surface area contributed by atoms with E-state index in [9.17, 15) is 9.59 Å². The van der Waals surface area contributed by atoms with E-state index in [2.05, 4.69) is 10.1 Å². The molecule has 0 amide bonds. The zero-order valence-corrected chi connectivity index (χ0v) is 18.8. The van der Waals surface area contributed by atoms with Gasteiger partial charge in [-0.2, -0.15) is 9.50 Å². The van der Waals surface area contributed by atoms with Gasteiger partial charge in [0.25, 0.3) is 5.56 Å². The van der Waals surface area contributed by atoms with Crippen molar-refractivity contribution in [1.29, 1.82) is 0 Å². The summed E-state index contributed by atoms with van der Waals surface area (Å²) in [6.07, 6.45) is 1.66. The Balaban J connectivity index is 1.48. The zero-order chi connectivity index (χ0) is 22.4. The van der Waals surface area contributed by atoms with Gasteiger partial charge in [0.15, 0.2) is 11.6 Å². The number of hydrogen-bond acceptors (Lipinski definition) is 6. The van der Waals surface area contributed by atoms with E-state index in [0.717, 1.165) is 5.56 Å². The van der Waals surface area contributed by atoms with E-state index in [1.807, 2.05) is 18.2 Å². The largest absolute Gasteiger partial charge is 0.457 e. The molecule has 0 aliphatic rings. The van der Waals surface area contributed by atoms with Gasteiger partial charge in [-0.05, 0) is 37.3 Å². The van der Waals surface area contributed by atoms with Crippen LogP contribution >= 0.6 is 34.5 Å². The maximum Gasteiger partial charge on any atom is 0.291 e. The van der Waals surface area contributed by atoms with Gasteiger partial charge in [-0.3, -0.25) is 9.59 Å². The Morgan fingerprint density at radius 1 is 1.09 bits per heavy atom. The molecule has 0 aliphatic heterocycles. The molecule has 3 heterocycles. The summed E-state index contributed by atoms with van der Waals surface area (Å²) in [5.41, 5.74) is 1.78. The Labute approximate surface area is 195 Å². The minimum atomic E-state index is -0.294. The fraction of sp³-hybridized carbons (Fsp3) is 0.0435. The molecule has 0 spiro atoms. The standard InChI is InChI=1S/C23H13Cl2N3O3S/c1-12(29)13-2-4-14(5-3-13)19-9-7-16(31-19)11-20-22(30)28-23(32-20)26-21(27-28)17-8-6-15(24)10-18(17)25/h2-11H,1H3. The Morgan fingerprint density at radius 3 is 2.56 bits per heavy atom. The fourth-order valence-electron chi connectivity index (χ4n) is 3.20. The number of carbonyl (C=O) groups excluding carboxylic acids is 1. The second-order valence-electron chi connectivity index (χ2n) is 7.01. The Hall–Kier alpha value is -3.26. The van der Waals surface area contributed by atoms with Crippen molar-refractivity contribution in [2.24, 2.45) is 0 Å². The number of ketones is 1. The molecular weight excluding hydrogens is 469 g/mol. The first-order valence-electron chi connectivity index (χ1n) is 9.47. The van der Waals surface area contributed by atoms with Crippen molar-refractivity contribution in [3.8, 4) is 22.7 Å². The summed E-state index contributed by atoms with van der Waals surface area (Å²) in [5.74, 6) is 1.53. The van der Waals surface area contributed by atoms with E-state index in [1.54, 1.807) is 42.5 Å². The molecule has 0 N–H and O–H groups in total. The molecule has 0 saturated heterocycles. The summed E-state index contributed by atoms with van der Waals surface area (Å²) >= 11 is 13.4. The fourth-order valence-corrected chi connectivity index (χ4v) is 4.58. The number of Topliss-reactive ketones (excluding diaryl/α,β-unsaturated/α-hetero) is 1. The number of rotatable bonds is 4. The van der Waals surface area contributed by atoms with Gasteiger partial charge in [0.1, 0.15) is 16.1 Å². The number of fused-ring (bicyclic) bond motifs is 1. The first-order chi connectivity index (χ1) is 15.4. The van der Waals surface area contributed by atoms with Gasteiger partial charge < -0.3 is 4.42 Å². The van der Waals surface area contributed by atoms with Crippen molar-refractivity contribution in [1.82, 2.24) is 14.6 Å². The highest BCUT2D eigenvalue weighted by molar-refractivity contribution is 7.15. The lowest BCUT2D eigenvalue weighted by Gasteiger charge is -1.99. The van der Waals surface area contributed by atoms with E-state index in [1.165, 1.54) is 22.8 Å². The molecule has 3 aromatic heterocycles. The third kappa shape index (κ3) is 3.75.